The first-order valence-electron chi connectivity index (χ1n) is 3.54. The maximum absolute atomic E-state index is 10.6. The maximum atomic E-state index is 10.6. The molecule has 0 spiro atoms. The van der Waals surface area contributed by atoms with Gasteiger partial charge in [0.05, 0.1) is 0 Å². The van der Waals surface area contributed by atoms with E-state index in [0.29, 0.717) is 24.0 Å². The molecule has 0 atom stereocenters. The number of rotatable bonds is 2. The quantitative estimate of drug-likeness (QED) is 0.469. The van der Waals surface area contributed by atoms with Gasteiger partial charge in [-0.15, -0.1) is 0 Å². The Balaban J connectivity index is 2.97. The highest BCUT2D eigenvalue weighted by Crippen LogP contribution is 2.36. The second-order valence-corrected chi connectivity index (χ2v) is 3.13. The van der Waals surface area contributed by atoms with E-state index >= 15 is 0 Å². The first-order chi connectivity index (χ1) is 5.25. The summed E-state index contributed by atoms with van der Waals surface area (Å²) in [5.41, 5.74) is -1.01. The highest BCUT2D eigenvalue weighted by molar-refractivity contribution is 6.33. The molecule has 0 radical (unpaired) electrons. The molecule has 1 aliphatic carbocycles. The molecular formula is C8H9ClO2. The fourth-order valence-corrected chi connectivity index (χ4v) is 1.48. The highest BCUT2D eigenvalue weighted by atomic mass is 35.5. The lowest BCUT2D eigenvalue weighted by Gasteiger charge is -2.23. The molecule has 0 saturated heterocycles. The Morgan fingerprint density at radius 1 is 1.45 bits per heavy atom. The number of allylic oxidation sites excluding steroid dienone is 2. The fourth-order valence-electron chi connectivity index (χ4n) is 1.19. The van der Waals surface area contributed by atoms with E-state index in [1.165, 1.54) is 0 Å². The van der Waals surface area contributed by atoms with E-state index in [2.05, 4.69) is 0 Å². The van der Waals surface area contributed by atoms with Crippen LogP contribution in [0.25, 0.3) is 0 Å². The Kier molecular flexibility index (Phi) is 2.45. The van der Waals surface area contributed by atoms with Crippen LogP contribution in [0.15, 0.2) is 11.1 Å². The van der Waals surface area contributed by atoms with Gasteiger partial charge in [-0.3, -0.25) is 0 Å². The number of aldehydes is 2. The highest BCUT2D eigenvalue weighted by Gasteiger charge is 2.34. The van der Waals surface area contributed by atoms with E-state index in [1.54, 1.807) is 6.08 Å². The van der Waals surface area contributed by atoms with Crippen LogP contribution in [-0.4, -0.2) is 12.6 Å². The van der Waals surface area contributed by atoms with Crippen LogP contribution in [0.1, 0.15) is 19.3 Å². The normalized spacial score (nSPS) is 22.1. The molecule has 3 heteroatoms. The lowest BCUT2D eigenvalue weighted by molar-refractivity contribution is -0.124. The number of halogens is 1. The molecule has 0 unspecified atom stereocenters. The van der Waals surface area contributed by atoms with Gasteiger partial charge in [-0.1, -0.05) is 17.7 Å². The Morgan fingerprint density at radius 2 is 2.09 bits per heavy atom. The zero-order valence-electron chi connectivity index (χ0n) is 6.05. The van der Waals surface area contributed by atoms with E-state index in [9.17, 15) is 9.59 Å². The average Bonchev–Trinajstić information content (AvgIpc) is 2.06. The van der Waals surface area contributed by atoms with Crippen molar-refractivity contribution in [1.82, 2.24) is 0 Å². The molecule has 0 aromatic rings. The SMILES string of the molecule is O=CC1(C=O)CCCC=C1Cl. The van der Waals surface area contributed by atoms with Crippen molar-refractivity contribution in [3.8, 4) is 0 Å². The molecule has 0 saturated carbocycles. The Bertz CT molecular complexity index is 200. The number of hydrogen-bond donors (Lipinski definition) is 0. The summed E-state index contributed by atoms with van der Waals surface area (Å²) in [6.07, 6.45) is 5.29. The van der Waals surface area contributed by atoms with Gasteiger partial charge >= 0.3 is 0 Å². The maximum Gasteiger partial charge on any atom is 0.138 e. The lowest BCUT2D eigenvalue weighted by Crippen LogP contribution is -2.27. The molecule has 0 aromatic heterocycles. The molecular weight excluding hydrogens is 164 g/mol. The van der Waals surface area contributed by atoms with Crippen LogP contribution < -0.4 is 0 Å². The molecule has 0 fully saturated rings. The molecule has 11 heavy (non-hydrogen) atoms. The average molecular weight is 173 g/mol. The van der Waals surface area contributed by atoms with Crippen LogP contribution >= 0.6 is 11.6 Å². The minimum absolute atomic E-state index is 0.383. The minimum atomic E-state index is -1.01. The van der Waals surface area contributed by atoms with Crippen LogP contribution in [0, 0.1) is 5.41 Å². The van der Waals surface area contributed by atoms with Gasteiger partial charge in [0.2, 0.25) is 0 Å². The fraction of sp³-hybridized carbons (Fsp3) is 0.500. The summed E-state index contributed by atoms with van der Waals surface area (Å²) in [6, 6.07) is 0. The van der Waals surface area contributed by atoms with Crippen LogP contribution in [0.3, 0.4) is 0 Å². The third-order valence-electron chi connectivity index (χ3n) is 1.98. The monoisotopic (exact) mass is 172 g/mol. The number of carbonyl (C=O) groups excluding carboxylic acids is 2. The standard InChI is InChI=1S/C8H9ClO2/c9-7-3-1-2-4-8(7,5-10)6-11/h3,5-6H,1-2,4H2. The second kappa shape index (κ2) is 3.18. The third kappa shape index (κ3) is 1.36. The predicted octanol–water partition coefficient (Wildman–Crippen LogP) is 1.68. The molecule has 0 bridgehead atoms. The smallest absolute Gasteiger partial charge is 0.138 e. The van der Waals surface area contributed by atoms with Crippen molar-refractivity contribution in [3.05, 3.63) is 11.1 Å². The summed E-state index contributed by atoms with van der Waals surface area (Å²) in [5, 5.41) is 0.383. The van der Waals surface area contributed by atoms with Crippen molar-refractivity contribution in [1.29, 1.82) is 0 Å². The first kappa shape index (κ1) is 8.47. The van der Waals surface area contributed by atoms with Gasteiger partial charge in [-0.05, 0) is 19.3 Å². The molecule has 0 N–H and O–H groups in total. The topological polar surface area (TPSA) is 34.1 Å². The largest absolute Gasteiger partial charge is 0.302 e. The number of carbonyl (C=O) groups is 2. The molecule has 1 aliphatic rings. The van der Waals surface area contributed by atoms with Crippen molar-refractivity contribution >= 4 is 24.2 Å². The van der Waals surface area contributed by atoms with E-state index in [-0.39, 0.29) is 0 Å². The van der Waals surface area contributed by atoms with Gasteiger partial charge in [0, 0.05) is 5.03 Å². The summed E-state index contributed by atoms with van der Waals surface area (Å²) >= 11 is 5.74. The van der Waals surface area contributed by atoms with Gasteiger partial charge in [0.25, 0.3) is 0 Å². The minimum Gasteiger partial charge on any atom is -0.302 e. The molecule has 1 rings (SSSR count). The zero-order valence-corrected chi connectivity index (χ0v) is 6.80. The number of hydrogen-bond acceptors (Lipinski definition) is 2. The Labute approximate surface area is 70.2 Å². The zero-order chi connectivity index (χ0) is 8.32. The summed E-state index contributed by atoms with van der Waals surface area (Å²) in [6.45, 7) is 0. The van der Waals surface area contributed by atoms with Crippen molar-refractivity contribution in [2.75, 3.05) is 0 Å². The molecule has 60 valence electrons. The van der Waals surface area contributed by atoms with Gasteiger partial charge in [0.15, 0.2) is 0 Å². The predicted molar refractivity (Wildman–Crippen MR) is 42.3 cm³/mol. The summed E-state index contributed by atoms with van der Waals surface area (Å²) < 4.78 is 0. The summed E-state index contributed by atoms with van der Waals surface area (Å²) in [4.78, 5) is 21.1. The van der Waals surface area contributed by atoms with Crippen LogP contribution in [0.4, 0.5) is 0 Å². The van der Waals surface area contributed by atoms with Gasteiger partial charge in [0.1, 0.15) is 18.0 Å². The van der Waals surface area contributed by atoms with Crippen LogP contribution in [0.5, 0.6) is 0 Å². The van der Waals surface area contributed by atoms with Crippen molar-refractivity contribution < 1.29 is 9.59 Å². The van der Waals surface area contributed by atoms with Gasteiger partial charge in [-0.2, -0.15) is 0 Å². The van der Waals surface area contributed by atoms with Crippen LogP contribution in [-0.2, 0) is 9.59 Å². The second-order valence-electron chi connectivity index (χ2n) is 2.72. The Morgan fingerprint density at radius 3 is 2.45 bits per heavy atom. The van der Waals surface area contributed by atoms with Crippen molar-refractivity contribution in [2.45, 2.75) is 19.3 Å². The molecule has 0 amide bonds. The van der Waals surface area contributed by atoms with E-state index in [0.717, 1.165) is 12.8 Å². The van der Waals surface area contributed by atoms with E-state index in [4.69, 9.17) is 11.6 Å². The third-order valence-corrected chi connectivity index (χ3v) is 2.49. The Hall–Kier alpha value is -0.630. The molecule has 2 nitrogen and oxygen atoms in total. The van der Waals surface area contributed by atoms with Crippen LogP contribution in [0.2, 0.25) is 0 Å². The van der Waals surface area contributed by atoms with Crippen molar-refractivity contribution in [2.24, 2.45) is 5.41 Å². The summed E-state index contributed by atoms with van der Waals surface area (Å²) in [5.74, 6) is 0. The molecule has 0 aromatic carbocycles. The van der Waals surface area contributed by atoms with Crippen molar-refractivity contribution in [3.63, 3.8) is 0 Å². The lowest BCUT2D eigenvalue weighted by atomic mass is 9.81. The van der Waals surface area contributed by atoms with E-state index < -0.39 is 5.41 Å². The molecule has 0 aliphatic heterocycles. The molecule has 0 heterocycles. The van der Waals surface area contributed by atoms with Gasteiger partial charge < -0.3 is 9.59 Å². The van der Waals surface area contributed by atoms with Gasteiger partial charge in [-0.25, -0.2) is 0 Å². The first-order valence-corrected chi connectivity index (χ1v) is 3.92. The summed E-state index contributed by atoms with van der Waals surface area (Å²) in [7, 11) is 0. The van der Waals surface area contributed by atoms with E-state index in [1.807, 2.05) is 0 Å².